The maximum Gasteiger partial charge on any atom is 0.397 e. The Morgan fingerprint density at radius 2 is 2.25 bits per heavy atom. The van der Waals surface area contributed by atoms with Crippen LogP contribution < -0.4 is 10.1 Å². The Labute approximate surface area is 216 Å². The Hall–Kier alpha value is -3.54. The molecule has 0 aliphatic carbocycles. The van der Waals surface area contributed by atoms with Crippen molar-refractivity contribution in [1.29, 1.82) is 0 Å². The van der Waals surface area contributed by atoms with Gasteiger partial charge >= 0.3 is 6.11 Å². The molecule has 36 heavy (non-hydrogen) atoms. The molecule has 0 spiro atoms. The molecular weight excluding hydrogens is 480 g/mol. The maximum absolute atomic E-state index is 13.5. The number of aromatic nitrogens is 1. The molecule has 0 fully saturated rings. The lowest BCUT2D eigenvalue weighted by atomic mass is 10.0. The minimum absolute atomic E-state index is 0. The van der Waals surface area contributed by atoms with Crippen molar-refractivity contribution in [2.75, 3.05) is 18.9 Å². The highest BCUT2D eigenvalue weighted by Crippen LogP contribution is 2.30. The van der Waals surface area contributed by atoms with E-state index in [-0.39, 0.29) is 14.4 Å². The van der Waals surface area contributed by atoms with Crippen molar-refractivity contribution in [3.63, 3.8) is 0 Å². The molecule has 1 aromatic carbocycles. The number of pyridine rings is 1. The van der Waals surface area contributed by atoms with Crippen molar-refractivity contribution in [2.45, 2.75) is 39.0 Å². The zero-order chi connectivity index (χ0) is 25.7. The molecule has 0 saturated carbocycles. The number of halogens is 2. The molecule has 0 unspecified atom stereocenters. The van der Waals surface area contributed by atoms with Crippen LogP contribution in [0, 0.1) is 11.8 Å². The molecule has 3 aromatic rings. The highest BCUT2D eigenvalue weighted by atomic mass is 32.1. The lowest BCUT2D eigenvalue weighted by molar-refractivity contribution is -0.177. The van der Waals surface area contributed by atoms with Gasteiger partial charge in [0.25, 0.3) is 0 Å². The number of anilines is 1. The summed E-state index contributed by atoms with van der Waals surface area (Å²) in [5.74, 6) is 6.01. The van der Waals surface area contributed by atoms with Crippen LogP contribution in [0.4, 0.5) is 14.6 Å². The molecular formula is C28H31F2N3O2S. The molecule has 0 saturated heterocycles. The Morgan fingerprint density at radius 1 is 1.42 bits per heavy atom. The number of nitrogens with one attached hydrogen (secondary N) is 1. The van der Waals surface area contributed by atoms with Gasteiger partial charge in [-0.05, 0) is 47.7 Å². The number of hydrogen-bond donors (Lipinski definition) is 1. The summed E-state index contributed by atoms with van der Waals surface area (Å²) in [4.78, 5) is 20.8. The normalized spacial score (nSPS) is 13.3. The van der Waals surface area contributed by atoms with Crippen LogP contribution in [0.3, 0.4) is 0 Å². The van der Waals surface area contributed by atoms with Crippen LogP contribution >= 0.6 is 11.3 Å². The average molecular weight is 512 g/mol. The van der Waals surface area contributed by atoms with Crippen molar-refractivity contribution in [2.24, 2.45) is 0 Å². The summed E-state index contributed by atoms with van der Waals surface area (Å²) in [6, 6.07) is 8.19. The molecule has 5 nitrogen and oxygen atoms in total. The van der Waals surface area contributed by atoms with Gasteiger partial charge in [-0.25, -0.2) is 4.98 Å². The second-order valence-corrected chi connectivity index (χ2v) is 9.41. The number of hydrogen-bond acceptors (Lipinski definition) is 6. The average Bonchev–Trinajstić information content (AvgIpc) is 3.30. The SMILES string of the molecule is C=Cc1cc(CN2CCc3c(C(=O)C#Cc4cccc(OC(F)(F)CC)c4)csc3C2)cnc1NC.[HH].[HH]. The van der Waals surface area contributed by atoms with Gasteiger partial charge in [0.1, 0.15) is 11.6 Å². The second-order valence-electron chi connectivity index (χ2n) is 8.45. The van der Waals surface area contributed by atoms with Crippen molar-refractivity contribution in [3.05, 3.63) is 81.2 Å². The molecule has 1 N–H and O–H groups in total. The summed E-state index contributed by atoms with van der Waals surface area (Å²) in [5.41, 5.74) is 4.19. The van der Waals surface area contributed by atoms with Gasteiger partial charge in [0.2, 0.25) is 5.78 Å². The van der Waals surface area contributed by atoms with E-state index in [1.807, 2.05) is 18.6 Å². The molecule has 8 heteroatoms. The van der Waals surface area contributed by atoms with Gasteiger partial charge in [-0.15, -0.1) is 11.3 Å². The van der Waals surface area contributed by atoms with Crippen molar-refractivity contribution >= 4 is 29.0 Å². The first kappa shape index (κ1) is 25.5. The fourth-order valence-corrected chi connectivity index (χ4v) is 5.14. The highest BCUT2D eigenvalue weighted by molar-refractivity contribution is 7.10. The topological polar surface area (TPSA) is 54.5 Å². The number of fused-ring (bicyclic) bond motifs is 1. The third-order valence-corrected chi connectivity index (χ3v) is 6.95. The molecule has 3 heterocycles. The molecule has 0 atom stereocenters. The minimum Gasteiger partial charge on any atom is -0.433 e. The molecule has 0 radical (unpaired) electrons. The van der Waals surface area contributed by atoms with Gasteiger partial charge in [-0.2, -0.15) is 8.78 Å². The van der Waals surface area contributed by atoms with Crippen LogP contribution in [-0.2, 0) is 19.5 Å². The first-order chi connectivity index (χ1) is 17.3. The number of rotatable bonds is 8. The molecule has 0 bridgehead atoms. The fourth-order valence-electron chi connectivity index (χ4n) is 4.02. The lowest BCUT2D eigenvalue weighted by Crippen LogP contribution is -2.29. The Kier molecular flexibility index (Phi) is 7.82. The number of alkyl halides is 2. The molecule has 190 valence electrons. The molecule has 4 rings (SSSR count). The summed E-state index contributed by atoms with van der Waals surface area (Å²) in [5, 5.41) is 4.93. The van der Waals surface area contributed by atoms with Crippen LogP contribution in [0.15, 0.2) is 48.5 Å². The summed E-state index contributed by atoms with van der Waals surface area (Å²) < 4.78 is 31.8. The van der Waals surface area contributed by atoms with E-state index >= 15 is 0 Å². The van der Waals surface area contributed by atoms with Crippen LogP contribution in [0.2, 0.25) is 0 Å². The van der Waals surface area contributed by atoms with Gasteiger partial charge in [0.05, 0.1) is 0 Å². The smallest absolute Gasteiger partial charge is 0.397 e. The summed E-state index contributed by atoms with van der Waals surface area (Å²) in [6.07, 6.45) is 0.742. The van der Waals surface area contributed by atoms with Crippen molar-refractivity contribution in [1.82, 2.24) is 9.88 Å². The van der Waals surface area contributed by atoms with E-state index in [2.05, 4.69) is 39.7 Å². The first-order valence-electron chi connectivity index (χ1n) is 11.7. The fraction of sp³-hybridized carbons (Fsp3) is 0.286. The summed E-state index contributed by atoms with van der Waals surface area (Å²) in [6.45, 7) is 7.54. The van der Waals surface area contributed by atoms with Crippen LogP contribution in [0.5, 0.6) is 5.75 Å². The van der Waals surface area contributed by atoms with E-state index < -0.39 is 12.5 Å². The van der Waals surface area contributed by atoms with Gasteiger partial charge in [-0.3, -0.25) is 9.69 Å². The zero-order valence-electron chi connectivity index (χ0n) is 20.2. The Balaban J connectivity index is 0.00000253. The predicted molar refractivity (Wildman–Crippen MR) is 144 cm³/mol. The number of nitrogens with zero attached hydrogens (tertiary/aromatic N) is 2. The van der Waals surface area contributed by atoms with E-state index in [4.69, 9.17) is 4.74 Å². The van der Waals surface area contributed by atoms with Crippen molar-refractivity contribution in [3.8, 4) is 17.6 Å². The van der Waals surface area contributed by atoms with E-state index in [1.54, 1.807) is 29.5 Å². The lowest BCUT2D eigenvalue weighted by Gasteiger charge is -2.27. The van der Waals surface area contributed by atoms with Gasteiger partial charge in [-0.1, -0.05) is 31.6 Å². The van der Waals surface area contributed by atoms with Gasteiger partial charge < -0.3 is 10.1 Å². The van der Waals surface area contributed by atoms with E-state index in [9.17, 15) is 13.6 Å². The summed E-state index contributed by atoms with van der Waals surface area (Å²) in [7, 11) is 1.83. The molecule has 1 aliphatic rings. The number of Topliss-reactive ketones (excluding diaryl/α,β-unsaturated/α-hetero) is 1. The first-order valence-corrected chi connectivity index (χ1v) is 12.5. The number of ether oxygens (including phenoxy) is 1. The monoisotopic (exact) mass is 511 g/mol. The second kappa shape index (κ2) is 11.0. The zero-order valence-corrected chi connectivity index (χ0v) is 21.1. The third kappa shape index (κ3) is 5.99. The maximum atomic E-state index is 13.5. The number of carbonyl (C=O) groups is 1. The van der Waals surface area contributed by atoms with Crippen molar-refractivity contribution < 1.29 is 21.2 Å². The minimum atomic E-state index is -3.24. The Bertz CT molecular complexity index is 1350. The van der Waals surface area contributed by atoms with Crippen LogP contribution in [0.1, 0.15) is 53.7 Å². The van der Waals surface area contributed by atoms with E-state index in [1.165, 1.54) is 19.1 Å². The number of thiophene rings is 1. The van der Waals surface area contributed by atoms with E-state index in [0.29, 0.717) is 11.1 Å². The molecule has 2 aromatic heterocycles. The number of ketones is 1. The largest absolute Gasteiger partial charge is 0.433 e. The highest BCUT2D eigenvalue weighted by Gasteiger charge is 2.28. The quantitative estimate of drug-likeness (QED) is 0.277. The Morgan fingerprint density at radius 3 is 3.00 bits per heavy atom. The number of carbonyl (C=O) groups excluding carboxylic acids is 1. The molecule has 1 aliphatic heterocycles. The third-order valence-electron chi connectivity index (χ3n) is 5.94. The van der Waals surface area contributed by atoms with Crippen LogP contribution in [0.25, 0.3) is 6.08 Å². The number of benzene rings is 1. The van der Waals surface area contributed by atoms with Gasteiger partial charge in [0.15, 0.2) is 0 Å². The predicted octanol–water partition coefficient (Wildman–Crippen LogP) is 6.49. The van der Waals surface area contributed by atoms with Gasteiger partial charge in [0, 0.05) is 69.1 Å². The molecule has 0 amide bonds. The van der Waals surface area contributed by atoms with Crippen LogP contribution in [-0.4, -0.2) is 35.4 Å². The van der Waals surface area contributed by atoms with E-state index in [0.717, 1.165) is 53.4 Å². The summed E-state index contributed by atoms with van der Waals surface area (Å²) >= 11 is 1.57. The standard InChI is InChI=1S/C28H27F2N3O2S.2H2/c1-4-21-13-20(15-32-27(21)31-3)16-33-12-11-23-24(18-36-26(23)17-33)25(34)10-9-19-7-6-8-22(14-19)35-28(29,30)5-2;;/h4,6-8,13-15,18H,1,5,11-12,16-17H2,2-3H3,(H,31,32);2*1H.